The zero-order chi connectivity index (χ0) is 24.6. The third-order valence-electron chi connectivity index (χ3n) is 7.28. The van der Waals surface area contributed by atoms with Gasteiger partial charge >= 0.3 is 0 Å². The maximum absolute atomic E-state index is 5.80. The van der Waals surface area contributed by atoms with E-state index in [1.54, 1.807) is 13.4 Å². The van der Waals surface area contributed by atoms with Crippen molar-refractivity contribution in [2.24, 2.45) is 7.05 Å². The first-order valence-corrected chi connectivity index (χ1v) is 12.5. The van der Waals surface area contributed by atoms with Crippen LogP contribution in [0.1, 0.15) is 12.8 Å². The second-order valence-corrected chi connectivity index (χ2v) is 9.53. The van der Waals surface area contributed by atoms with Crippen LogP contribution < -0.4 is 20.3 Å². The number of benzene rings is 2. The van der Waals surface area contributed by atoms with Gasteiger partial charge in [0.2, 0.25) is 0 Å². The number of nitrogens with zero attached hydrogens (tertiary/aromatic N) is 6. The van der Waals surface area contributed by atoms with Gasteiger partial charge in [-0.2, -0.15) is 5.10 Å². The normalized spacial score (nSPS) is 16.4. The van der Waals surface area contributed by atoms with Crippen LogP contribution in [-0.4, -0.2) is 71.0 Å². The van der Waals surface area contributed by atoms with Crippen molar-refractivity contribution in [2.75, 3.05) is 55.9 Å². The molecule has 1 saturated heterocycles. The van der Waals surface area contributed by atoms with E-state index in [0.717, 1.165) is 71.5 Å². The Kier molecular flexibility index (Phi) is 5.85. The molecule has 186 valence electrons. The molecule has 2 aliphatic rings. The lowest BCUT2D eigenvalue weighted by Gasteiger charge is -2.37. The second kappa shape index (κ2) is 9.31. The Bertz CT molecular complexity index is 1390. The molecule has 0 atom stereocenters. The number of anilines is 4. The van der Waals surface area contributed by atoms with Crippen LogP contribution in [-0.2, 0) is 7.05 Å². The van der Waals surface area contributed by atoms with Crippen LogP contribution in [0.3, 0.4) is 0 Å². The first-order chi connectivity index (χ1) is 17.6. The molecule has 9 heteroatoms. The van der Waals surface area contributed by atoms with Crippen molar-refractivity contribution in [3.05, 3.63) is 48.9 Å². The molecule has 9 nitrogen and oxygen atoms in total. The smallest absolute Gasteiger partial charge is 0.144 e. The largest absolute Gasteiger partial charge is 0.494 e. The summed E-state index contributed by atoms with van der Waals surface area (Å²) in [6, 6.07) is 13.2. The lowest BCUT2D eigenvalue weighted by atomic mass is 10.1. The Morgan fingerprint density at radius 2 is 1.81 bits per heavy atom. The van der Waals surface area contributed by atoms with E-state index in [9.17, 15) is 0 Å². The van der Waals surface area contributed by atoms with Crippen molar-refractivity contribution < 1.29 is 4.74 Å². The van der Waals surface area contributed by atoms with E-state index in [4.69, 9.17) is 4.74 Å². The van der Waals surface area contributed by atoms with E-state index >= 15 is 0 Å². The van der Waals surface area contributed by atoms with Gasteiger partial charge in [-0.25, -0.2) is 9.97 Å². The highest BCUT2D eigenvalue weighted by Crippen LogP contribution is 2.39. The summed E-state index contributed by atoms with van der Waals surface area (Å²) < 4.78 is 7.67. The minimum atomic E-state index is 0.706. The predicted molar refractivity (Wildman–Crippen MR) is 144 cm³/mol. The molecule has 0 amide bonds. The van der Waals surface area contributed by atoms with Crippen molar-refractivity contribution in [3.8, 4) is 17.0 Å². The fourth-order valence-electron chi connectivity index (χ4n) is 5.11. The summed E-state index contributed by atoms with van der Waals surface area (Å²) >= 11 is 0. The van der Waals surface area contributed by atoms with Crippen LogP contribution in [0.15, 0.2) is 48.9 Å². The highest BCUT2D eigenvalue weighted by Gasteiger charge is 2.31. The summed E-state index contributed by atoms with van der Waals surface area (Å²) in [5.41, 5.74) is 6.04. The molecule has 36 heavy (non-hydrogen) atoms. The molecule has 2 fully saturated rings. The highest BCUT2D eigenvalue weighted by atomic mass is 16.5. The van der Waals surface area contributed by atoms with E-state index in [0.29, 0.717) is 5.82 Å². The number of aryl methyl sites for hydroxylation is 1. The number of rotatable bonds is 7. The summed E-state index contributed by atoms with van der Waals surface area (Å²) in [6.07, 6.45) is 6.18. The van der Waals surface area contributed by atoms with Gasteiger partial charge in [0.05, 0.1) is 41.6 Å². The van der Waals surface area contributed by atoms with E-state index in [2.05, 4.69) is 65.8 Å². The van der Waals surface area contributed by atoms with E-state index in [1.807, 2.05) is 31.0 Å². The summed E-state index contributed by atoms with van der Waals surface area (Å²) in [5.74, 6) is 1.49. The van der Waals surface area contributed by atoms with Crippen LogP contribution in [0, 0.1) is 0 Å². The summed E-state index contributed by atoms with van der Waals surface area (Å²) in [4.78, 5) is 14.1. The average molecular weight is 485 g/mol. The first kappa shape index (κ1) is 22.6. The molecule has 2 aromatic heterocycles. The van der Waals surface area contributed by atoms with Gasteiger partial charge < -0.3 is 20.3 Å². The van der Waals surface area contributed by atoms with Crippen molar-refractivity contribution in [3.63, 3.8) is 0 Å². The number of ether oxygens (including phenoxy) is 1. The van der Waals surface area contributed by atoms with Gasteiger partial charge in [0.1, 0.15) is 17.9 Å². The lowest BCUT2D eigenvalue weighted by molar-refractivity contribution is 0.248. The Balaban J connectivity index is 1.25. The Labute approximate surface area is 211 Å². The minimum Gasteiger partial charge on any atom is -0.494 e. The van der Waals surface area contributed by atoms with E-state index in [-0.39, 0.29) is 0 Å². The number of methoxy groups -OCH3 is 1. The zero-order valence-corrected chi connectivity index (χ0v) is 21.0. The van der Waals surface area contributed by atoms with E-state index in [1.165, 1.54) is 18.5 Å². The molecule has 6 rings (SSSR count). The molecule has 1 saturated carbocycles. The highest BCUT2D eigenvalue weighted by molar-refractivity contribution is 5.85. The maximum atomic E-state index is 5.80. The topological polar surface area (TPSA) is 83.4 Å². The van der Waals surface area contributed by atoms with Crippen LogP contribution in [0.25, 0.3) is 22.2 Å². The first-order valence-electron chi connectivity index (χ1n) is 12.5. The summed E-state index contributed by atoms with van der Waals surface area (Å²) in [7, 11) is 5.62. The van der Waals surface area contributed by atoms with Gasteiger partial charge in [0.25, 0.3) is 0 Å². The molecule has 4 aromatic rings. The molecular formula is C27H32N8O. The molecule has 2 aromatic carbocycles. The molecule has 0 radical (unpaired) electrons. The van der Waals surface area contributed by atoms with Gasteiger partial charge in [0.15, 0.2) is 0 Å². The third-order valence-corrected chi connectivity index (χ3v) is 7.28. The van der Waals surface area contributed by atoms with Crippen LogP contribution in [0.5, 0.6) is 5.75 Å². The van der Waals surface area contributed by atoms with E-state index < -0.39 is 0 Å². The minimum absolute atomic E-state index is 0.706. The van der Waals surface area contributed by atoms with Gasteiger partial charge in [-0.1, -0.05) is 6.07 Å². The fraction of sp³-hybridized carbons (Fsp3) is 0.370. The fourth-order valence-corrected chi connectivity index (χ4v) is 5.11. The number of fused-ring (bicyclic) bond motifs is 1. The molecule has 0 bridgehead atoms. The SMILES string of the molecule is CNc1cc(Nc2cc(-c3ccc4c(cnn4C)c3)ncn2)c(OC)cc1N1CCN(C2CC2)CC1. The van der Waals surface area contributed by atoms with Gasteiger partial charge in [0, 0.05) is 69.4 Å². The Morgan fingerprint density at radius 3 is 2.56 bits per heavy atom. The number of nitrogens with one attached hydrogen (secondary N) is 2. The number of hydrogen-bond donors (Lipinski definition) is 2. The monoisotopic (exact) mass is 484 g/mol. The van der Waals surface area contributed by atoms with Crippen molar-refractivity contribution >= 4 is 33.8 Å². The molecular weight excluding hydrogens is 452 g/mol. The van der Waals surface area contributed by atoms with Gasteiger partial charge in [-0.05, 0) is 31.0 Å². The van der Waals surface area contributed by atoms with Crippen molar-refractivity contribution in [2.45, 2.75) is 18.9 Å². The molecule has 1 aliphatic carbocycles. The number of aromatic nitrogens is 4. The van der Waals surface area contributed by atoms with Gasteiger partial charge in [-0.3, -0.25) is 9.58 Å². The average Bonchev–Trinajstić information content (AvgIpc) is 3.71. The maximum Gasteiger partial charge on any atom is 0.144 e. The van der Waals surface area contributed by atoms with Crippen LogP contribution >= 0.6 is 0 Å². The number of hydrogen-bond acceptors (Lipinski definition) is 8. The second-order valence-electron chi connectivity index (χ2n) is 9.53. The van der Waals surface area contributed by atoms with Crippen LogP contribution in [0.2, 0.25) is 0 Å². The molecule has 0 unspecified atom stereocenters. The van der Waals surface area contributed by atoms with Crippen molar-refractivity contribution in [1.29, 1.82) is 0 Å². The molecule has 1 aliphatic heterocycles. The van der Waals surface area contributed by atoms with Crippen molar-refractivity contribution in [1.82, 2.24) is 24.6 Å². The zero-order valence-electron chi connectivity index (χ0n) is 21.0. The summed E-state index contributed by atoms with van der Waals surface area (Å²) in [6.45, 7) is 4.28. The quantitative estimate of drug-likeness (QED) is 0.406. The Hall–Kier alpha value is -3.85. The van der Waals surface area contributed by atoms with Gasteiger partial charge in [-0.15, -0.1) is 0 Å². The standard InChI is InChI=1S/C27H32N8O/c1-28-22-13-23(26(36-3)15-25(22)35-10-8-34(9-11-35)20-5-6-20)32-27-14-21(29-17-30-27)18-4-7-24-19(12-18)16-31-33(24)2/h4,7,12-17,20,28H,5-6,8-11H2,1-3H3,(H,29,30,32). The predicted octanol–water partition coefficient (Wildman–Crippen LogP) is 4.11. The lowest BCUT2D eigenvalue weighted by Crippen LogP contribution is -2.47. The molecule has 2 N–H and O–H groups in total. The molecule has 0 spiro atoms. The summed E-state index contributed by atoms with van der Waals surface area (Å²) in [5, 5.41) is 12.3. The number of piperazine rings is 1. The van der Waals surface area contributed by atoms with Crippen LogP contribution in [0.4, 0.5) is 22.9 Å². The molecule has 3 heterocycles. The Morgan fingerprint density at radius 1 is 0.972 bits per heavy atom. The third kappa shape index (κ3) is 4.30.